The van der Waals surface area contributed by atoms with Crippen LogP contribution in [0, 0.1) is 17.2 Å². The number of aliphatic carboxylic acids is 1. The van der Waals surface area contributed by atoms with Crippen LogP contribution in [0.15, 0.2) is 158 Å². The molecule has 28 nitrogen and oxygen atoms in total. The van der Waals surface area contributed by atoms with Crippen LogP contribution in [0.5, 0.6) is 5.75 Å². The molecule has 600 valence electrons. The number of hydrogen-bond acceptors (Lipinski definition) is 15. The lowest BCUT2D eigenvalue weighted by atomic mass is 9.77. The van der Waals surface area contributed by atoms with Gasteiger partial charge in [0, 0.05) is 50.0 Å². The summed E-state index contributed by atoms with van der Waals surface area (Å²) in [4.78, 5) is 150. The third-order valence-electron chi connectivity index (χ3n) is 18.4. The first-order valence-electron chi connectivity index (χ1n) is 38.0. The van der Waals surface area contributed by atoms with Gasteiger partial charge in [-0.1, -0.05) is 149 Å². The van der Waals surface area contributed by atoms with Crippen molar-refractivity contribution in [3.05, 3.63) is 192 Å². The van der Waals surface area contributed by atoms with E-state index in [0.29, 0.717) is 33.5 Å². The Morgan fingerprint density at radius 1 is 0.571 bits per heavy atom. The van der Waals surface area contributed by atoms with E-state index in [4.69, 9.17) is 30.3 Å². The minimum Gasteiger partial charge on any atom is -0.488 e. The van der Waals surface area contributed by atoms with Crippen LogP contribution in [0.25, 0.3) is 10.9 Å². The number of carboxylic acids is 1. The summed E-state index contributed by atoms with van der Waals surface area (Å²) in [6, 6.07) is 31.8. The van der Waals surface area contributed by atoms with Crippen molar-refractivity contribution in [1.29, 1.82) is 5.41 Å². The number of carboxylic acid groups (broad SMARTS) is 1. The molecule has 8 atom stereocenters. The van der Waals surface area contributed by atoms with Crippen molar-refractivity contribution >= 4 is 76.2 Å². The van der Waals surface area contributed by atoms with Crippen LogP contribution in [-0.4, -0.2) is 163 Å². The molecule has 0 unspecified atom stereocenters. The molecule has 7 aromatic rings. The zero-order valence-corrected chi connectivity index (χ0v) is 66.2. The Kier molecular flexibility index (Phi) is 29.6. The molecule has 8 rings (SSSR count). The molecule has 5 aromatic carbocycles. The molecule has 3 heterocycles. The zero-order valence-electron chi connectivity index (χ0n) is 66.2. The van der Waals surface area contributed by atoms with Gasteiger partial charge in [0.25, 0.3) is 0 Å². The molecule has 1 fully saturated rings. The molecule has 0 aliphatic carbocycles. The molecule has 0 spiro atoms. The quantitative estimate of drug-likeness (QED) is 0.00778. The largest absolute Gasteiger partial charge is 0.488 e. The summed E-state index contributed by atoms with van der Waals surface area (Å²) >= 11 is 0. The highest BCUT2D eigenvalue weighted by molar-refractivity contribution is 5.99. The summed E-state index contributed by atoms with van der Waals surface area (Å²) in [5.41, 5.74) is 6.15. The first kappa shape index (κ1) is 86.2. The SMILES string of the molecule is CC(C)C[C@H](NC(=O)[C@@H](CC(C)C)NC(=O)[C@H](Cc1ccc(OC(C)(C)C)cc1)NC(=O)[C@H](COC(C)(C)C)NC(=O)[C@H](Cc1cn(C(=O)OC(C)(C)C)c2ccccc12)NC(=O)[C@H](Cc1cn(C(c2ccccc2)(c2ccccc2)c2ccccc2)cn1)NC(=O)[C@@H]1CCC(=O)N1)C(=O)N[C@@H](CCCNC(=N)N)C(=O)O. The fourth-order valence-electron chi connectivity index (χ4n) is 13.3. The van der Waals surface area contributed by atoms with Crippen molar-refractivity contribution in [3.8, 4) is 5.75 Å². The standard InChI is InChI=1S/C84H110N14O14/c1-51(2)42-63(72(101)90-62(78(107)108)33-25-41-87-79(85)86)91-73(102)64(43-52(3)4)92-74(103)65(44-53-35-37-59(38-36-53)111-82(8,9)10)93-77(106)68(49-110-81(5,6)7)96-75(104)66(45-54-47-98(80(109)112-83(11,12)13)69-34-24-23-32-60(54)69)94-76(105)67(95-71(100)61-39-40-70(99)89-61)46-58-48-97(50-88-58)84(55-26-17-14-18-27-55,56-28-19-15-20-29-56)57-30-21-16-22-31-57/h14-24,26-32,34-38,47-48,50-52,61-68H,25,33,39-46,49H2,1-13H3,(H,89,99)(H,90,101)(H,91,102)(H,92,103)(H,93,106)(H,94,105)(H,95,100)(H,96,104)(H,107,108)(H4,85,86,87)/t61-,62-,63-,64+,65-,66-,67-,68-/m0/s1. The van der Waals surface area contributed by atoms with Gasteiger partial charge in [0.1, 0.15) is 70.8 Å². The van der Waals surface area contributed by atoms with Gasteiger partial charge in [0.05, 0.1) is 29.7 Å². The number of carbonyl (C=O) groups excluding carboxylic acids is 9. The van der Waals surface area contributed by atoms with E-state index >= 15 is 19.2 Å². The van der Waals surface area contributed by atoms with Crippen molar-refractivity contribution in [2.45, 2.75) is 218 Å². The van der Waals surface area contributed by atoms with Gasteiger partial charge in [-0.3, -0.25) is 48.3 Å². The summed E-state index contributed by atoms with van der Waals surface area (Å²) in [6.07, 6.45) is 3.84. The number of imidazole rings is 1. The Hall–Kier alpha value is -11.4. The Bertz CT molecular complexity index is 4310. The molecule has 0 radical (unpaired) electrons. The summed E-state index contributed by atoms with van der Waals surface area (Å²) in [6.45, 7) is 22.9. The maximum absolute atomic E-state index is 15.9. The number of carbonyl (C=O) groups is 10. The van der Waals surface area contributed by atoms with Crippen LogP contribution < -0.4 is 58.3 Å². The number of nitrogens with one attached hydrogen (secondary N) is 10. The molecule has 0 bridgehead atoms. The average Bonchev–Trinajstić information content (AvgIpc) is 1.07. The molecule has 112 heavy (non-hydrogen) atoms. The number of aromatic nitrogens is 3. The average molecular weight is 1540 g/mol. The lowest BCUT2D eigenvalue weighted by molar-refractivity contribution is -0.142. The maximum Gasteiger partial charge on any atom is 0.419 e. The normalized spacial score (nSPS) is 15.1. The highest BCUT2D eigenvalue weighted by atomic mass is 16.6. The third-order valence-corrected chi connectivity index (χ3v) is 18.4. The molecule has 13 N–H and O–H groups in total. The molecule has 8 amide bonds. The fraction of sp³-hybridized carbons (Fsp3) is 0.452. The van der Waals surface area contributed by atoms with Crippen LogP contribution >= 0.6 is 0 Å². The number of guanidine groups is 1. The van der Waals surface area contributed by atoms with Crippen molar-refractivity contribution in [1.82, 2.24) is 62.0 Å². The second-order valence-electron chi connectivity index (χ2n) is 32.2. The Morgan fingerprint density at radius 2 is 1.04 bits per heavy atom. The molecule has 1 saturated heterocycles. The van der Waals surface area contributed by atoms with Gasteiger partial charge in [-0.2, -0.15) is 0 Å². The number of amides is 8. The van der Waals surface area contributed by atoms with E-state index in [1.54, 1.807) is 103 Å². The minimum absolute atomic E-state index is 0.0259. The Morgan fingerprint density at radius 3 is 1.53 bits per heavy atom. The molecular formula is C84H110N14O14. The first-order chi connectivity index (χ1) is 52.9. The molecule has 0 saturated carbocycles. The lowest BCUT2D eigenvalue weighted by Crippen LogP contribution is -2.61. The number of nitrogens with zero attached hydrogens (tertiary/aromatic N) is 3. The highest BCUT2D eigenvalue weighted by Crippen LogP contribution is 2.41. The molecule has 28 heteroatoms. The van der Waals surface area contributed by atoms with Gasteiger partial charge in [-0.05, 0) is 152 Å². The van der Waals surface area contributed by atoms with E-state index in [9.17, 15) is 33.9 Å². The number of hydrogen-bond donors (Lipinski definition) is 12. The number of rotatable bonds is 36. The van der Waals surface area contributed by atoms with Gasteiger partial charge < -0.3 is 77.5 Å². The van der Waals surface area contributed by atoms with Gasteiger partial charge in [0.2, 0.25) is 47.3 Å². The first-order valence-corrected chi connectivity index (χ1v) is 38.0. The minimum atomic E-state index is -1.67. The number of benzene rings is 5. The highest BCUT2D eigenvalue weighted by Gasteiger charge is 2.41. The van der Waals surface area contributed by atoms with Crippen LogP contribution in [0.4, 0.5) is 4.79 Å². The van der Waals surface area contributed by atoms with Gasteiger partial charge in [0.15, 0.2) is 5.96 Å². The predicted octanol–water partition coefficient (Wildman–Crippen LogP) is 7.59. The Balaban J connectivity index is 1.18. The van der Waals surface area contributed by atoms with Crippen molar-refractivity contribution in [2.24, 2.45) is 17.6 Å². The second-order valence-corrected chi connectivity index (χ2v) is 32.2. The van der Waals surface area contributed by atoms with Gasteiger partial charge in [-0.15, -0.1) is 0 Å². The van der Waals surface area contributed by atoms with Crippen LogP contribution in [0.3, 0.4) is 0 Å². The van der Waals surface area contributed by atoms with Crippen molar-refractivity contribution < 1.29 is 67.3 Å². The van der Waals surface area contributed by atoms with E-state index in [0.717, 1.165) is 16.7 Å². The molecular weight excluding hydrogens is 1430 g/mol. The second kappa shape index (κ2) is 38.5. The monoisotopic (exact) mass is 1540 g/mol. The smallest absolute Gasteiger partial charge is 0.419 e. The third kappa shape index (κ3) is 24.8. The zero-order chi connectivity index (χ0) is 81.8. The number of ether oxygens (including phenoxy) is 3. The van der Waals surface area contributed by atoms with Gasteiger partial charge >= 0.3 is 12.1 Å². The van der Waals surface area contributed by atoms with Crippen LogP contribution in [-0.2, 0) is 77.4 Å². The van der Waals surface area contributed by atoms with E-state index in [1.807, 2.05) is 144 Å². The van der Waals surface area contributed by atoms with E-state index < -0.39 is 131 Å². The number of para-hydroxylation sites is 1. The summed E-state index contributed by atoms with van der Waals surface area (Å²) in [5, 5.41) is 43.0. The van der Waals surface area contributed by atoms with Crippen molar-refractivity contribution in [2.75, 3.05) is 13.2 Å². The summed E-state index contributed by atoms with van der Waals surface area (Å²) in [5.74, 6) is -7.83. The molecule has 2 aromatic heterocycles. The van der Waals surface area contributed by atoms with Crippen LogP contribution in [0.1, 0.15) is 162 Å². The van der Waals surface area contributed by atoms with Gasteiger partial charge in [-0.25, -0.2) is 14.6 Å². The van der Waals surface area contributed by atoms with E-state index in [2.05, 4.69) is 47.9 Å². The van der Waals surface area contributed by atoms with E-state index in [-0.39, 0.29) is 88.0 Å². The number of nitrogens with two attached hydrogens (primary N) is 1. The van der Waals surface area contributed by atoms with Crippen LogP contribution in [0.2, 0.25) is 0 Å². The lowest BCUT2D eigenvalue weighted by Gasteiger charge is -2.37. The molecule has 1 aliphatic rings. The topological polar surface area (TPSA) is 400 Å². The van der Waals surface area contributed by atoms with Crippen molar-refractivity contribution in [3.63, 3.8) is 0 Å². The Labute approximate surface area is 654 Å². The molecule has 1 aliphatic heterocycles. The summed E-state index contributed by atoms with van der Waals surface area (Å²) < 4.78 is 21.5. The maximum atomic E-state index is 15.9. The fourth-order valence-corrected chi connectivity index (χ4v) is 13.3. The predicted molar refractivity (Wildman–Crippen MR) is 424 cm³/mol. The summed E-state index contributed by atoms with van der Waals surface area (Å²) in [7, 11) is 0. The number of fused-ring (bicyclic) bond motifs is 1. The van der Waals surface area contributed by atoms with E-state index in [1.165, 1.54) is 10.8 Å².